The lowest BCUT2D eigenvalue weighted by Crippen LogP contribution is -2.25. The molecule has 1 saturated carbocycles. The number of nitrogens with one attached hydrogen (secondary N) is 1. The quantitative estimate of drug-likeness (QED) is 0.842. The van der Waals surface area contributed by atoms with Crippen molar-refractivity contribution >= 4 is 42.1 Å². The number of hydrogen-bond acceptors (Lipinski definition) is 3. The molecule has 6 heteroatoms. The van der Waals surface area contributed by atoms with Gasteiger partial charge in [-0.3, -0.25) is 4.79 Å². The maximum Gasteiger partial charge on any atom is 0.227 e. The van der Waals surface area contributed by atoms with Crippen molar-refractivity contribution in [2.75, 3.05) is 23.3 Å². The Balaban J connectivity index is 0.00000144. The standard InChI is InChI=1S/C18H27N3O.2ClH/c19-15-9-8-14(12-15)18(22)20-16-6-5-7-17(13-16)21-10-3-1-2-4-11-21;;/h5-7,13-15H,1-4,8-12,19H2,(H,20,22);2*1H. The summed E-state index contributed by atoms with van der Waals surface area (Å²) in [6, 6.07) is 8.47. The summed E-state index contributed by atoms with van der Waals surface area (Å²) in [5.41, 5.74) is 8.04. The highest BCUT2D eigenvalue weighted by atomic mass is 35.5. The molecule has 2 fully saturated rings. The molecule has 0 bridgehead atoms. The molecule has 1 aliphatic heterocycles. The highest BCUT2D eigenvalue weighted by Gasteiger charge is 2.27. The van der Waals surface area contributed by atoms with Crippen molar-refractivity contribution in [2.24, 2.45) is 11.7 Å². The molecule has 3 rings (SSSR count). The average molecular weight is 374 g/mol. The van der Waals surface area contributed by atoms with Crippen LogP contribution in [0.1, 0.15) is 44.9 Å². The third-order valence-corrected chi connectivity index (χ3v) is 4.93. The molecule has 1 amide bonds. The number of halogens is 2. The summed E-state index contributed by atoms with van der Waals surface area (Å²) in [7, 11) is 0. The summed E-state index contributed by atoms with van der Waals surface area (Å²) in [6.07, 6.45) is 7.87. The molecular weight excluding hydrogens is 345 g/mol. The number of nitrogens with two attached hydrogens (primary N) is 1. The van der Waals surface area contributed by atoms with Crippen molar-refractivity contribution in [1.82, 2.24) is 0 Å². The number of hydrogen-bond donors (Lipinski definition) is 2. The van der Waals surface area contributed by atoms with Crippen molar-refractivity contribution < 1.29 is 4.79 Å². The Bertz CT molecular complexity index is 519. The molecule has 2 aliphatic rings. The first-order valence-electron chi connectivity index (χ1n) is 8.64. The molecule has 0 aromatic heterocycles. The fourth-order valence-electron chi connectivity index (χ4n) is 3.61. The van der Waals surface area contributed by atoms with Gasteiger partial charge in [-0.05, 0) is 50.3 Å². The largest absolute Gasteiger partial charge is 0.371 e. The van der Waals surface area contributed by atoms with Gasteiger partial charge in [0.15, 0.2) is 0 Å². The highest BCUT2D eigenvalue weighted by molar-refractivity contribution is 5.93. The number of amides is 1. The Morgan fingerprint density at radius 1 is 1.08 bits per heavy atom. The predicted molar refractivity (Wildman–Crippen MR) is 106 cm³/mol. The second-order valence-electron chi connectivity index (χ2n) is 6.71. The van der Waals surface area contributed by atoms with E-state index in [1.54, 1.807) is 0 Å². The van der Waals surface area contributed by atoms with Crippen molar-refractivity contribution in [1.29, 1.82) is 0 Å². The maximum atomic E-state index is 12.3. The highest BCUT2D eigenvalue weighted by Crippen LogP contribution is 2.27. The van der Waals surface area contributed by atoms with Crippen molar-refractivity contribution in [3.8, 4) is 0 Å². The van der Waals surface area contributed by atoms with Crippen LogP contribution < -0.4 is 16.0 Å². The molecular formula is C18H29Cl2N3O. The molecule has 0 radical (unpaired) electrons. The summed E-state index contributed by atoms with van der Waals surface area (Å²) in [6.45, 7) is 2.24. The Kier molecular flexibility index (Phi) is 8.88. The van der Waals surface area contributed by atoms with Gasteiger partial charge in [0, 0.05) is 36.4 Å². The zero-order valence-corrected chi connectivity index (χ0v) is 15.7. The van der Waals surface area contributed by atoms with Gasteiger partial charge < -0.3 is 16.0 Å². The molecule has 136 valence electrons. The third-order valence-electron chi connectivity index (χ3n) is 4.93. The lowest BCUT2D eigenvalue weighted by molar-refractivity contribution is -0.119. The van der Waals surface area contributed by atoms with Gasteiger partial charge in [-0.25, -0.2) is 0 Å². The van der Waals surface area contributed by atoms with Crippen molar-refractivity contribution in [3.05, 3.63) is 24.3 Å². The normalized spacial score (nSPS) is 23.6. The summed E-state index contributed by atoms with van der Waals surface area (Å²) in [5.74, 6) is 0.206. The summed E-state index contributed by atoms with van der Waals surface area (Å²) < 4.78 is 0. The molecule has 1 aromatic carbocycles. The number of nitrogens with zero attached hydrogens (tertiary/aromatic N) is 1. The summed E-state index contributed by atoms with van der Waals surface area (Å²) in [5, 5.41) is 3.08. The van der Waals surface area contributed by atoms with E-state index in [1.807, 2.05) is 12.1 Å². The lowest BCUT2D eigenvalue weighted by atomic mass is 10.1. The second-order valence-corrected chi connectivity index (χ2v) is 6.71. The molecule has 24 heavy (non-hydrogen) atoms. The smallest absolute Gasteiger partial charge is 0.227 e. The Morgan fingerprint density at radius 2 is 1.79 bits per heavy atom. The van der Waals surface area contributed by atoms with Crippen LogP contribution >= 0.6 is 24.8 Å². The van der Waals surface area contributed by atoms with Crippen molar-refractivity contribution in [3.63, 3.8) is 0 Å². The molecule has 0 spiro atoms. The predicted octanol–water partition coefficient (Wildman–Crippen LogP) is 3.98. The minimum atomic E-state index is 0. The van der Waals surface area contributed by atoms with Gasteiger partial charge in [-0.1, -0.05) is 18.9 Å². The topological polar surface area (TPSA) is 58.4 Å². The molecule has 1 aliphatic carbocycles. The van der Waals surface area contributed by atoms with E-state index >= 15 is 0 Å². The molecule has 1 saturated heterocycles. The van der Waals surface area contributed by atoms with Crippen LogP contribution in [0.15, 0.2) is 24.3 Å². The zero-order valence-electron chi connectivity index (χ0n) is 14.1. The minimum Gasteiger partial charge on any atom is -0.371 e. The van der Waals surface area contributed by atoms with Crippen LogP contribution in [-0.4, -0.2) is 25.0 Å². The molecule has 3 N–H and O–H groups in total. The first kappa shape index (κ1) is 21.1. The third kappa shape index (κ3) is 5.54. The first-order valence-corrected chi connectivity index (χ1v) is 8.64. The number of anilines is 2. The Hall–Kier alpha value is -0.970. The van der Waals surface area contributed by atoms with E-state index in [-0.39, 0.29) is 42.7 Å². The van der Waals surface area contributed by atoms with Gasteiger partial charge in [0.2, 0.25) is 5.91 Å². The molecule has 2 unspecified atom stereocenters. The lowest BCUT2D eigenvalue weighted by Gasteiger charge is -2.23. The van der Waals surface area contributed by atoms with Crippen LogP contribution in [0.4, 0.5) is 11.4 Å². The van der Waals surface area contributed by atoms with E-state index < -0.39 is 0 Å². The van der Waals surface area contributed by atoms with Gasteiger partial charge in [0.05, 0.1) is 0 Å². The SMILES string of the molecule is Cl.Cl.NC1CCC(C(=O)Nc2cccc(N3CCCCCC3)c2)C1. The summed E-state index contributed by atoms with van der Waals surface area (Å²) in [4.78, 5) is 14.8. The van der Waals surface area contributed by atoms with E-state index in [9.17, 15) is 4.79 Å². The van der Waals surface area contributed by atoms with Crippen molar-refractivity contribution in [2.45, 2.75) is 51.0 Å². The second kappa shape index (κ2) is 10.1. The maximum absolute atomic E-state index is 12.3. The van der Waals surface area contributed by atoms with Gasteiger partial charge in [0.25, 0.3) is 0 Å². The van der Waals surface area contributed by atoms with Crippen LogP contribution in [0, 0.1) is 5.92 Å². The van der Waals surface area contributed by atoms with Crippen LogP contribution in [0.25, 0.3) is 0 Å². The number of carbonyl (C=O) groups is 1. The van der Waals surface area contributed by atoms with E-state index in [0.717, 1.165) is 38.0 Å². The molecule has 1 heterocycles. The number of benzene rings is 1. The van der Waals surface area contributed by atoms with Gasteiger partial charge >= 0.3 is 0 Å². The molecule has 1 aromatic rings. The monoisotopic (exact) mass is 373 g/mol. The fourth-order valence-corrected chi connectivity index (χ4v) is 3.61. The molecule has 2 atom stereocenters. The molecule has 4 nitrogen and oxygen atoms in total. The Labute approximate surface area is 157 Å². The zero-order chi connectivity index (χ0) is 15.4. The number of carbonyl (C=O) groups excluding carboxylic acids is 1. The van der Waals surface area contributed by atoms with E-state index in [4.69, 9.17) is 5.73 Å². The van der Waals surface area contributed by atoms with Gasteiger partial charge in [0.1, 0.15) is 0 Å². The van der Waals surface area contributed by atoms with Gasteiger partial charge in [-0.15, -0.1) is 24.8 Å². The van der Waals surface area contributed by atoms with Gasteiger partial charge in [-0.2, -0.15) is 0 Å². The van der Waals surface area contributed by atoms with E-state index in [0.29, 0.717) is 0 Å². The van der Waals surface area contributed by atoms with E-state index in [2.05, 4.69) is 22.3 Å². The number of rotatable bonds is 3. The average Bonchev–Trinajstić information content (AvgIpc) is 2.79. The first-order chi connectivity index (χ1) is 10.7. The van der Waals surface area contributed by atoms with E-state index in [1.165, 1.54) is 31.4 Å². The Morgan fingerprint density at radius 3 is 2.42 bits per heavy atom. The van der Waals surface area contributed by atoms with Crippen LogP contribution in [-0.2, 0) is 4.79 Å². The fraction of sp³-hybridized carbons (Fsp3) is 0.611. The van der Waals surface area contributed by atoms with Crippen LogP contribution in [0.2, 0.25) is 0 Å². The minimum absolute atomic E-state index is 0. The van der Waals surface area contributed by atoms with Crippen LogP contribution in [0.3, 0.4) is 0 Å². The van der Waals surface area contributed by atoms with Crippen LogP contribution in [0.5, 0.6) is 0 Å². The summed E-state index contributed by atoms with van der Waals surface area (Å²) >= 11 is 0.